The van der Waals surface area contributed by atoms with Crippen molar-refractivity contribution >= 4 is 27.3 Å². The molecule has 0 saturated carbocycles. The average molecular weight is 338 g/mol. The number of amides is 1. The first-order chi connectivity index (χ1) is 11.6. The van der Waals surface area contributed by atoms with Crippen LogP contribution in [0.1, 0.15) is 27.5 Å². The molecule has 0 fully saturated rings. The summed E-state index contributed by atoms with van der Waals surface area (Å²) in [6.07, 6.45) is 0. The van der Waals surface area contributed by atoms with Gasteiger partial charge in [0.05, 0.1) is 6.04 Å². The Morgan fingerprint density at radius 3 is 2.58 bits per heavy atom. The number of rotatable bonds is 5. The second-order valence-electron chi connectivity index (χ2n) is 6.19. The lowest BCUT2D eigenvalue weighted by molar-refractivity contribution is 0.0941. The van der Waals surface area contributed by atoms with Gasteiger partial charge in [-0.15, -0.1) is 11.3 Å². The molecule has 0 aliphatic rings. The van der Waals surface area contributed by atoms with Crippen LogP contribution < -0.4 is 5.32 Å². The van der Waals surface area contributed by atoms with E-state index in [9.17, 15) is 4.79 Å². The van der Waals surface area contributed by atoms with Crippen molar-refractivity contribution in [1.82, 2.24) is 10.2 Å². The van der Waals surface area contributed by atoms with Gasteiger partial charge in [0.1, 0.15) is 0 Å². The minimum atomic E-state index is -0.0144. The highest BCUT2D eigenvalue weighted by molar-refractivity contribution is 7.17. The number of nitrogens with zero attached hydrogens (tertiary/aromatic N) is 1. The molecule has 3 aromatic rings. The van der Waals surface area contributed by atoms with Crippen LogP contribution in [0.4, 0.5) is 0 Å². The molecule has 1 unspecified atom stereocenters. The Hall–Kier alpha value is -2.17. The summed E-state index contributed by atoms with van der Waals surface area (Å²) in [5.74, 6) is -0.0144. The van der Waals surface area contributed by atoms with Gasteiger partial charge in [-0.3, -0.25) is 4.79 Å². The highest BCUT2D eigenvalue weighted by Crippen LogP contribution is 2.32. The summed E-state index contributed by atoms with van der Waals surface area (Å²) in [5.41, 5.74) is 3.01. The smallest absolute Gasteiger partial charge is 0.251 e. The van der Waals surface area contributed by atoms with Gasteiger partial charge in [0.15, 0.2) is 0 Å². The van der Waals surface area contributed by atoms with Gasteiger partial charge >= 0.3 is 0 Å². The molecule has 0 aliphatic heterocycles. The van der Waals surface area contributed by atoms with Crippen molar-refractivity contribution in [2.45, 2.75) is 13.0 Å². The van der Waals surface area contributed by atoms with Crippen molar-refractivity contribution in [2.75, 3.05) is 20.6 Å². The third-order valence-electron chi connectivity index (χ3n) is 4.34. The molecule has 0 spiro atoms. The van der Waals surface area contributed by atoms with Gasteiger partial charge in [-0.1, -0.05) is 36.4 Å². The number of thiophene rings is 1. The Kier molecular flexibility index (Phi) is 4.97. The summed E-state index contributed by atoms with van der Waals surface area (Å²) in [7, 11) is 4.11. The van der Waals surface area contributed by atoms with Crippen molar-refractivity contribution in [3.63, 3.8) is 0 Å². The Balaban J connectivity index is 1.80. The van der Waals surface area contributed by atoms with E-state index >= 15 is 0 Å². The number of carbonyl (C=O) groups excluding carboxylic acids is 1. The van der Waals surface area contributed by atoms with E-state index in [1.165, 1.54) is 15.6 Å². The van der Waals surface area contributed by atoms with Crippen LogP contribution in [-0.2, 0) is 0 Å². The number of fused-ring (bicyclic) bond motifs is 1. The second-order valence-corrected chi connectivity index (χ2v) is 7.10. The minimum absolute atomic E-state index is 0.0144. The summed E-state index contributed by atoms with van der Waals surface area (Å²) in [4.78, 5) is 14.7. The van der Waals surface area contributed by atoms with Crippen molar-refractivity contribution in [3.8, 4) is 0 Å². The summed E-state index contributed by atoms with van der Waals surface area (Å²) in [5, 5.41) is 6.57. The Bertz CT molecular complexity index is 853. The Morgan fingerprint density at radius 1 is 1.12 bits per heavy atom. The van der Waals surface area contributed by atoms with Crippen molar-refractivity contribution in [3.05, 3.63) is 70.6 Å². The van der Waals surface area contributed by atoms with Gasteiger partial charge in [0, 0.05) is 16.8 Å². The fourth-order valence-corrected chi connectivity index (χ4v) is 3.95. The summed E-state index contributed by atoms with van der Waals surface area (Å²) < 4.78 is 1.28. The molecule has 3 rings (SSSR count). The van der Waals surface area contributed by atoms with Gasteiger partial charge in [0.25, 0.3) is 5.91 Å². The molecule has 0 saturated heterocycles. The normalized spacial score (nSPS) is 12.5. The minimum Gasteiger partial charge on any atom is -0.350 e. The molecular weight excluding hydrogens is 316 g/mol. The largest absolute Gasteiger partial charge is 0.350 e. The third-order valence-corrected chi connectivity index (χ3v) is 5.32. The van der Waals surface area contributed by atoms with Crippen LogP contribution in [-0.4, -0.2) is 31.4 Å². The fourth-order valence-electron chi connectivity index (χ4n) is 2.94. The Labute approximate surface area is 146 Å². The van der Waals surface area contributed by atoms with Crippen LogP contribution in [0.5, 0.6) is 0 Å². The maximum Gasteiger partial charge on any atom is 0.251 e. The summed E-state index contributed by atoms with van der Waals surface area (Å²) in [6.45, 7) is 2.55. The summed E-state index contributed by atoms with van der Waals surface area (Å²) >= 11 is 1.75. The highest BCUT2D eigenvalue weighted by atomic mass is 32.1. The fraction of sp³-hybridized carbons (Fsp3) is 0.250. The number of nitrogens with one attached hydrogen (secondary N) is 1. The monoisotopic (exact) mass is 338 g/mol. The van der Waals surface area contributed by atoms with E-state index in [-0.39, 0.29) is 11.9 Å². The molecule has 0 aliphatic carbocycles. The third kappa shape index (κ3) is 3.35. The van der Waals surface area contributed by atoms with E-state index in [0.29, 0.717) is 6.54 Å². The maximum absolute atomic E-state index is 12.5. The van der Waals surface area contributed by atoms with Gasteiger partial charge < -0.3 is 10.2 Å². The van der Waals surface area contributed by atoms with Gasteiger partial charge in [-0.25, -0.2) is 0 Å². The highest BCUT2D eigenvalue weighted by Gasteiger charge is 2.19. The van der Waals surface area contributed by atoms with Gasteiger partial charge in [-0.2, -0.15) is 0 Å². The van der Waals surface area contributed by atoms with Crippen LogP contribution in [0.15, 0.2) is 53.9 Å². The molecule has 1 amide bonds. The van der Waals surface area contributed by atoms with Crippen molar-refractivity contribution in [2.24, 2.45) is 0 Å². The number of hydrogen-bond acceptors (Lipinski definition) is 3. The van der Waals surface area contributed by atoms with E-state index in [4.69, 9.17) is 0 Å². The molecule has 4 heteroatoms. The van der Waals surface area contributed by atoms with E-state index in [2.05, 4.69) is 54.0 Å². The van der Waals surface area contributed by atoms with E-state index in [1.807, 2.05) is 31.2 Å². The quantitative estimate of drug-likeness (QED) is 0.754. The first-order valence-corrected chi connectivity index (χ1v) is 8.92. The predicted molar refractivity (Wildman–Crippen MR) is 102 cm³/mol. The lowest BCUT2D eigenvalue weighted by atomic mass is 10.0. The molecule has 1 aromatic heterocycles. The number of likely N-dealkylation sites (N-methyl/N-ethyl adjacent to an activating group) is 1. The summed E-state index contributed by atoms with van der Waals surface area (Å²) in [6, 6.07) is 16.3. The van der Waals surface area contributed by atoms with E-state index in [1.54, 1.807) is 11.3 Å². The first kappa shape index (κ1) is 16.7. The van der Waals surface area contributed by atoms with Crippen molar-refractivity contribution < 1.29 is 4.79 Å². The number of benzene rings is 2. The van der Waals surface area contributed by atoms with Gasteiger partial charge in [0.2, 0.25) is 0 Å². The number of carbonyl (C=O) groups is 1. The van der Waals surface area contributed by atoms with Crippen LogP contribution in [0.2, 0.25) is 0 Å². The molecule has 124 valence electrons. The molecule has 1 heterocycles. The van der Waals surface area contributed by atoms with Crippen LogP contribution in [0.3, 0.4) is 0 Å². The number of hydrogen-bond donors (Lipinski definition) is 1. The topological polar surface area (TPSA) is 32.3 Å². The average Bonchev–Trinajstić information content (AvgIpc) is 2.99. The zero-order valence-corrected chi connectivity index (χ0v) is 15.1. The van der Waals surface area contributed by atoms with E-state index < -0.39 is 0 Å². The zero-order valence-electron chi connectivity index (χ0n) is 14.2. The molecule has 3 nitrogen and oxygen atoms in total. The molecule has 24 heavy (non-hydrogen) atoms. The van der Waals surface area contributed by atoms with Crippen LogP contribution >= 0.6 is 11.3 Å². The standard InChI is InChI=1S/C20H22N2OS/c1-14-8-4-5-9-15(14)20(23)21-12-18(22(2)3)17-13-24-19-11-7-6-10-16(17)19/h4-11,13,18H,12H2,1-3H3,(H,21,23). The van der Waals surface area contributed by atoms with Gasteiger partial charge in [-0.05, 0) is 55.0 Å². The molecule has 1 atom stereocenters. The Morgan fingerprint density at radius 2 is 1.83 bits per heavy atom. The first-order valence-electron chi connectivity index (χ1n) is 8.04. The number of aryl methyl sites for hydroxylation is 1. The SMILES string of the molecule is Cc1ccccc1C(=O)NCC(c1csc2ccccc12)N(C)C. The molecule has 2 aromatic carbocycles. The van der Waals surface area contributed by atoms with E-state index in [0.717, 1.165) is 11.1 Å². The molecule has 1 N–H and O–H groups in total. The molecule has 0 radical (unpaired) electrons. The molecule has 0 bridgehead atoms. The second kappa shape index (κ2) is 7.16. The molecular formula is C20H22N2OS. The zero-order chi connectivity index (χ0) is 17.1. The lowest BCUT2D eigenvalue weighted by Gasteiger charge is -2.24. The lowest BCUT2D eigenvalue weighted by Crippen LogP contribution is -2.34. The van der Waals surface area contributed by atoms with Crippen LogP contribution in [0, 0.1) is 6.92 Å². The van der Waals surface area contributed by atoms with Crippen molar-refractivity contribution in [1.29, 1.82) is 0 Å². The predicted octanol–water partition coefficient (Wildman–Crippen LogP) is 4.24. The maximum atomic E-state index is 12.5. The van der Waals surface area contributed by atoms with Crippen LogP contribution in [0.25, 0.3) is 10.1 Å².